The summed E-state index contributed by atoms with van der Waals surface area (Å²) in [6.45, 7) is 4.43. The molecule has 0 bridgehead atoms. The minimum Gasteiger partial charge on any atom is -0.308 e. The Morgan fingerprint density at radius 2 is 2.00 bits per heavy atom. The Balaban J connectivity index is 1.62. The molecule has 27 heavy (non-hydrogen) atoms. The van der Waals surface area contributed by atoms with Gasteiger partial charge in [-0.2, -0.15) is 10.2 Å². The van der Waals surface area contributed by atoms with E-state index < -0.39 is 0 Å². The molecule has 2 aromatic heterocycles. The van der Waals surface area contributed by atoms with Crippen molar-refractivity contribution in [1.82, 2.24) is 19.6 Å². The van der Waals surface area contributed by atoms with Crippen molar-refractivity contribution < 1.29 is 9.18 Å². The molecular weight excluding hydrogens is 369 g/mol. The van der Waals surface area contributed by atoms with Gasteiger partial charge < -0.3 is 4.90 Å². The number of hydrogen-bond donors (Lipinski definition) is 0. The van der Waals surface area contributed by atoms with Crippen LogP contribution in [0.4, 0.5) is 10.1 Å². The Kier molecular flexibility index (Phi) is 4.47. The van der Waals surface area contributed by atoms with Crippen molar-refractivity contribution in [3.05, 3.63) is 58.4 Å². The molecular formula is C19H19ClFN5O. The van der Waals surface area contributed by atoms with Crippen LogP contribution >= 0.6 is 11.6 Å². The van der Waals surface area contributed by atoms with E-state index in [9.17, 15) is 9.18 Å². The molecule has 6 nitrogen and oxygen atoms in total. The van der Waals surface area contributed by atoms with Crippen LogP contribution in [0, 0.1) is 19.7 Å². The Labute approximate surface area is 161 Å². The summed E-state index contributed by atoms with van der Waals surface area (Å²) in [5.74, 6) is -0.350. The van der Waals surface area contributed by atoms with E-state index in [1.54, 1.807) is 32.6 Å². The topological polar surface area (TPSA) is 56.0 Å². The molecule has 0 saturated carbocycles. The summed E-state index contributed by atoms with van der Waals surface area (Å²) >= 11 is 6.18. The summed E-state index contributed by atoms with van der Waals surface area (Å²) in [5.41, 5.74) is 4.01. The molecule has 0 saturated heterocycles. The molecule has 0 aliphatic carbocycles. The second-order valence-corrected chi connectivity index (χ2v) is 7.03. The summed E-state index contributed by atoms with van der Waals surface area (Å²) in [5, 5.41) is 9.36. The van der Waals surface area contributed by atoms with Crippen LogP contribution in [0.3, 0.4) is 0 Å². The van der Waals surface area contributed by atoms with Crippen molar-refractivity contribution in [1.29, 1.82) is 0 Å². The third kappa shape index (κ3) is 3.12. The number of hydrogen-bond acceptors (Lipinski definition) is 3. The molecule has 3 aromatic rings. The fourth-order valence-electron chi connectivity index (χ4n) is 3.46. The van der Waals surface area contributed by atoms with Crippen LogP contribution in [0.25, 0.3) is 5.69 Å². The summed E-state index contributed by atoms with van der Waals surface area (Å²) in [6.07, 6.45) is 3.34. The molecule has 0 unspecified atom stereocenters. The zero-order valence-electron chi connectivity index (χ0n) is 15.1. The molecule has 3 heterocycles. The lowest BCUT2D eigenvalue weighted by Crippen LogP contribution is -2.38. The zero-order valence-corrected chi connectivity index (χ0v) is 15.9. The van der Waals surface area contributed by atoms with Crippen molar-refractivity contribution in [3.63, 3.8) is 0 Å². The number of amides is 1. The molecule has 0 N–H and O–H groups in total. The predicted octanol–water partition coefficient (Wildman–Crippen LogP) is 3.46. The largest absolute Gasteiger partial charge is 0.308 e. The highest BCUT2D eigenvalue weighted by Crippen LogP contribution is 2.29. The van der Waals surface area contributed by atoms with Crippen molar-refractivity contribution >= 4 is 23.2 Å². The standard InChI is InChI=1S/C19H19ClFN5O/c1-12-19(20)13(2)25(23-12)11-18(27)24-9-3-4-16-17(24)10-22-26(16)15-7-5-14(21)6-8-15/h5-8,10H,3-4,9,11H2,1-2H3. The highest BCUT2D eigenvalue weighted by atomic mass is 35.5. The number of nitrogens with zero attached hydrogens (tertiary/aromatic N) is 5. The number of aryl methyl sites for hydroxylation is 1. The van der Waals surface area contributed by atoms with Gasteiger partial charge in [-0.3, -0.25) is 9.48 Å². The molecule has 1 amide bonds. The number of carbonyl (C=O) groups is 1. The first-order valence-corrected chi connectivity index (χ1v) is 9.16. The average molecular weight is 388 g/mol. The van der Waals surface area contributed by atoms with Gasteiger partial charge in [0.15, 0.2) is 0 Å². The van der Waals surface area contributed by atoms with E-state index >= 15 is 0 Å². The fraction of sp³-hybridized carbons (Fsp3) is 0.316. The minimum atomic E-state index is -0.292. The van der Waals surface area contributed by atoms with E-state index in [2.05, 4.69) is 10.2 Å². The molecule has 140 valence electrons. The minimum absolute atomic E-state index is 0.0585. The maximum Gasteiger partial charge on any atom is 0.248 e. The molecule has 0 fully saturated rings. The van der Waals surface area contributed by atoms with Gasteiger partial charge in [0.05, 0.1) is 39.7 Å². The van der Waals surface area contributed by atoms with Gasteiger partial charge in [-0.25, -0.2) is 9.07 Å². The summed E-state index contributed by atoms with van der Waals surface area (Å²) < 4.78 is 16.6. The highest BCUT2D eigenvalue weighted by molar-refractivity contribution is 6.31. The first kappa shape index (κ1) is 17.7. The summed E-state index contributed by atoms with van der Waals surface area (Å²) in [7, 11) is 0. The van der Waals surface area contributed by atoms with E-state index in [0.29, 0.717) is 17.3 Å². The maximum absolute atomic E-state index is 13.2. The Hall–Kier alpha value is -2.67. The second kappa shape index (κ2) is 6.81. The number of fused-ring (bicyclic) bond motifs is 1. The lowest BCUT2D eigenvalue weighted by atomic mass is 10.1. The number of anilines is 1. The lowest BCUT2D eigenvalue weighted by molar-refractivity contribution is -0.119. The number of benzene rings is 1. The van der Waals surface area contributed by atoms with Gasteiger partial charge in [-0.1, -0.05) is 11.6 Å². The van der Waals surface area contributed by atoms with Crippen LogP contribution in [0.15, 0.2) is 30.5 Å². The normalized spacial score (nSPS) is 13.7. The molecule has 0 radical (unpaired) electrons. The second-order valence-electron chi connectivity index (χ2n) is 6.66. The SMILES string of the molecule is Cc1nn(CC(=O)N2CCCc3c2cnn3-c2ccc(F)cc2)c(C)c1Cl. The average Bonchev–Trinajstić information content (AvgIpc) is 3.19. The van der Waals surface area contributed by atoms with E-state index in [4.69, 9.17) is 11.6 Å². The van der Waals surface area contributed by atoms with Crippen LogP contribution in [0.5, 0.6) is 0 Å². The van der Waals surface area contributed by atoms with Crippen molar-refractivity contribution in [2.45, 2.75) is 33.2 Å². The predicted molar refractivity (Wildman–Crippen MR) is 101 cm³/mol. The molecule has 0 spiro atoms. The highest BCUT2D eigenvalue weighted by Gasteiger charge is 2.27. The Morgan fingerprint density at radius 3 is 2.67 bits per heavy atom. The number of aromatic nitrogens is 4. The van der Waals surface area contributed by atoms with Crippen LogP contribution in [-0.4, -0.2) is 32.0 Å². The van der Waals surface area contributed by atoms with Crippen molar-refractivity contribution in [3.8, 4) is 5.69 Å². The molecule has 1 aliphatic heterocycles. The fourth-order valence-corrected chi connectivity index (χ4v) is 3.59. The van der Waals surface area contributed by atoms with Gasteiger partial charge in [0.1, 0.15) is 12.4 Å². The molecule has 1 aliphatic rings. The lowest BCUT2D eigenvalue weighted by Gasteiger charge is -2.27. The molecule has 1 aromatic carbocycles. The molecule has 0 atom stereocenters. The molecule has 4 rings (SSSR count). The van der Waals surface area contributed by atoms with Crippen LogP contribution in [0.2, 0.25) is 5.02 Å². The zero-order chi connectivity index (χ0) is 19.1. The third-order valence-corrected chi connectivity index (χ3v) is 5.43. The van der Waals surface area contributed by atoms with Gasteiger partial charge in [0, 0.05) is 6.54 Å². The van der Waals surface area contributed by atoms with Crippen molar-refractivity contribution in [2.75, 3.05) is 11.4 Å². The maximum atomic E-state index is 13.2. The first-order valence-electron chi connectivity index (χ1n) is 8.78. The van der Waals surface area contributed by atoms with E-state index in [1.165, 1.54) is 12.1 Å². The van der Waals surface area contributed by atoms with E-state index in [0.717, 1.165) is 35.6 Å². The van der Waals surface area contributed by atoms with Gasteiger partial charge in [0.2, 0.25) is 5.91 Å². The third-order valence-electron chi connectivity index (χ3n) is 4.88. The smallest absolute Gasteiger partial charge is 0.248 e. The number of rotatable bonds is 3. The van der Waals surface area contributed by atoms with Crippen LogP contribution < -0.4 is 4.90 Å². The Bertz CT molecular complexity index is 1010. The number of carbonyl (C=O) groups excluding carboxylic acids is 1. The van der Waals surface area contributed by atoms with Crippen LogP contribution in [-0.2, 0) is 17.8 Å². The summed E-state index contributed by atoms with van der Waals surface area (Å²) in [6, 6.07) is 6.17. The van der Waals surface area contributed by atoms with E-state index in [1.807, 2.05) is 13.8 Å². The van der Waals surface area contributed by atoms with Crippen molar-refractivity contribution in [2.24, 2.45) is 0 Å². The van der Waals surface area contributed by atoms with Gasteiger partial charge in [-0.05, 0) is 51.0 Å². The first-order chi connectivity index (χ1) is 13.0. The van der Waals surface area contributed by atoms with Gasteiger partial charge in [-0.15, -0.1) is 0 Å². The summed E-state index contributed by atoms with van der Waals surface area (Å²) in [4.78, 5) is 14.7. The Morgan fingerprint density at radius 1 is 1.26 bits per heavy atom. The quantitative estimate of drug-likeness (QED) is 0.691. The van der Waals surface area contributed by atoms with Gasteiger partial charge >= 0.3 is 0 Å². The molecule has 8 heteroatoms. The van der Waals surface area contributed by atoms with E-state index in [-0.39, 0.29) is 18.3 Å². The number of halogens is 2. The van der Waals surface area contributed by atoms with Crippen LogP contribution in [0.1, 0.15) is 23.5 Å². The van der Waals surface area contributed by atoms with Gasteiger partial charge in [0.25, 0.3) is 0 Å². The monoisotopic (exact) mass is 387 g/mol.